The van der Waals surface area contributed by atoms with Gasteiger partial charge in [0.15, 0.2) is 0 Å². The van der Waals surface area contributed by atoms with Gasteiger partial charge in [0.25, 0.3) is 0 Å². The van der Waals surface area contributed by atoms with Crippen LogP contribution in [0.4, 0.5) is 0 Å². The first-order valence-corrected chi connectivity index (χ1v) is 11.4. The molecule has 1 aromatic rings. The van der Waals surface area contributed by atoms with E-state index in [9.17, 15) is 16.8 Å². The Labute approximate surface area is 150 Å². The number of benzene rings is 1. The molecule has 1 saturated carbocycles. The third-order valence-electron chi connectivity index (χ3n) is 4.22. The molecule has 0 radical (unpaired) electrons. The maximum absolute atomic E-state index is 12.4. The second-order valence-corrected chi connectivity index (χ2v) is 10.1. The summed E-state index contributed by atoms with van der Waals surface area (Å²) in [7, 11) is -3.55. The second-order valence-electron chi connectivity index (χ2n) is 6.63. The predicted molar refractivity (Wildman–Crippen MR) is 97.4 cm³/mol. The molecule has 142 valence electrons. The molecule has 7 nitrogen and oxygen atoms in total. The lowest BCUT2D eigenvalue weighted by molar-refractivity contribution is 0.412. The molecule has 25 heavy (non-hydrogen) atoms. The molecule has 0 saturated heterocycles. The highest BCUT2D eigenvalue weighted by atomic mass is 32.2. The van der Waals surface area contributed by atoms with Crippen molar-refractivity contribution in [3.63, 3.8) is 0 Å². The number of hydrogen-bond acceptors (Lipinski definition) is 5. The van der Waals surface area contributed by atoms with Crippen molar-refractivity contribution in [1.29, 1.82) is 0 Å². The van der Waals surface area contributed by atoms with Crippen LogP contribution in [-0.2, 0) is 20.0 Å². The lowest BCUT2D eigenvalue weighted by Crippen LogP contribution is -2.36. The molecule has 0 amide bonds. The fourth-order valence-electron chi connectivity index (χ4n) is 2.79. The molecule has 9 heteroatoms. The Morgan fingerprint density at radius 1 is 0.920 bits per heavy atom. The maximum Gasteiger partial charge on any atom is 0.240 e. The van der Waals surface area contributed by atoms with E-state index < -0.39 is 20.0 Å². The summed E-state index contributed by atoms with van der Waals surface area (Å²) >= 11 is 0. The molecule has 2 N–H and O–H groups in total. The van der Waals surface area contributed by atoms with Gasteiger partial charge in [-0.25, -0.2) is 26.3 Å². The smallest absolute Gasteiger partial charge is 0.240 e. The fourth-order valence-corrected chi connectivity index (χ4v) is 5.12. The predicted octanol–water partition coefficient (Wildman–Crippen LogP) is 1.14. The molecule has 1 fully saturated rings. The summed E-state index contributed by atoms with van der Waals surface area (Å²) in [6.45, 7) is 0.871. The van der Waals surface area contributed by atoms with Gasteiger partial charge in [-0.05, 0) is 51.2 Å². The number of likely N-dealkylation sites (N-methyl/N-ethyl adjacent to an activating group) is 1. The van der Waals surface area contributed by atoms with Crippen molar-refractivity contribution in [1.82, 2.24) is 14.3 Å². The van der Waals surface area contributed by atoms with Crippen LogP contribution in [0, 0.1) is 0 Å². The normalized spacial score (nSPS) is 17.1. The molecule has 0 spiro atoms. The summed E-state index contributed by atoms with van der Waals surface area (Å²) in [6, 6.07) is 5.30. The molecular weight excluding hydrogens is 362 g/mol. The molecule has 1 aliphatic carbocycles. The van der Waals surface area contributed by atoms with Crippen molar-refractivity contribution >= 4 is 20.0 Å². The van der Waals surface area contributed by atoms with Crippen LogP contribution in [0.15, 0.2) is 34.1 Å². The molecule has 2 rings (SSSR count). The van der Waals surface area contributed by atoms with Gasteiger partial charge >= 0.3 is 0 Å². The van der Waals surface area contributed by atoms with Gasteiger partial charge in [-0.2, -0.15) is 0 Å². The van der Waals surface area contributed by atoms with Crippen LogP contribution >= 0.6 is 0 Å². The van der Waals surface area contributed by atoms with Crippen molar-refractivity contribution in [3.8, 4) is 0 Å². The first-order valence-electron chi connectivity index (χ1n) is 8.47. The van der Waals surface area contributed by atoms with E-state index in [0.29, 0.717) is 13.1 Å². The third kappa shape index (κ3) is 6.03. The Balaban J connectivity index is 2.05. The monoisotopic (exact) mass is 389 g/mol. The van der Waals surface area contributed by atoms with E-state index in [0.717, 1.165) is 32.1 Å². The van der Waals surface area contributed by atoms with Gasteiger partial charge in [0.1, 0.15) is 0 Å². The van der Waals surface area contributed by atoms with Gasteiger partial charge < -0.3 is 4.90 Å². The minimum Gasteiger partial charge on any atom is -0.308 e. The zero-order valence-corrected chi connectivity index (χ0v) is 16.4. The topological polar surface area (TPSA) is 95.6 Å². The minimum atomic E-state index is -3.64. The summed E-state index contributed by atoms with van der Waals surface area (Å²) in [5.41, 5.74) is 0. The Kier molecular flexibility index (Phi) is 6.98. The highest BCUT2D eigenvalue weighted by molar-refractivity contribution is 7.90. The van der Waals surface area contributed by atoms with Crippen molar-refractivity contribution in [2.24, 2.45) is 0 Å². The molecule has 1 aliphatic rings. The molecule has 0 aliphatic heterocycles. The highest BCUT2D eigenvalue weighted by Gasteiger charge is 2.22. The average Bonchev–Trinajstić information content (AvgIpc) is 2.55. The van der Waals surface area contributed by atoms with Crippen LogP contribution in [0.5, 0.6) is 0 Å². The average molecular weight is 390 g/mol. The maximum atomic E-state index is 12.4. The van der Waals surface area contributed by atoms with Gasteiger partial charge in [-0.15, -0.1) is 0 Å². The van der Waals surface area contributed by atoms with Crippen molar-refractivity contribution in [3.05, 3.63) is 24.3 Å². The summed E-state index contributed by atoms with van der Waals surface area (Å²) in [6.07, 6.45) is 4.90. The van der Waals surface area contributed by atoms with Gasteiger partial charge in [-0.3, -0.25) is 0 Å². The second kappa shape index (κ2) is 8.59. The first kappa shape index (κ1) is 20.3. The molecule has 0 atom stereocenters. The van der Waals surface area contributed by atoms with Crippen LogP contribution in [0.25, 0.3) is 0 Å². The van der Waals surface area contributed by atoms with Crippen LogP contribution in [0.3, 0.4) is 0 Å². The fraction of sp³-hybridized carbons (Fsp3) is 0.625. The van der Waals surface area contributed by atoms with E-state index in [1.54, 1.807) is 0 Å². The van der Waals surface area contributed by atoms with Crippen LogP contribution < -0.4 is 9.44 Å². The summed E-state index contributed by atoms with van der Waals surface area (Å²) < 4.78 is 54.5. The lowest BCUT2D eigenvalue weighted by Gasteiger charge is -2.22. The SMILES string of the molecule is CN(C)CCNS(=O)(=O)c1ccc(S(=O)(=O)NC2CCCCC2)cc1. The minimum absolute atomic E-state index is 0.0325. The van der Waals surface area contributed by atoms with Crippen LogP contribution in [0.2, 0.25) is 0 Å². The zero-order valence-electron chi connectivity index (χ0n) is 14.7. The van der Waals surface area contributed by atoms with E-state index in [1.807, 2.05) is 19.0 Å². The van der Waals surface area contributed by atoms with Gasteiger partial charge in [0.05, 0.1) is 9.79 Å². The molecule has 0 heterocycles. The number of nitrogens with one attached hydrogen (secondary N) is 2. The number of sulfonamides is 2. The van der Waals surface area contributed by atoms with E-state index in [1.165, 1.54) is 24.3 Å². The van der Waals surface area contributed by atoms with Crippen LogP contribution in [0.1, 0.15) is 32.1 Å². The van der Waals surface area contributed by atoms with Crippen LogP contribution in [-0.4, -0.2) is 55.0 Å². The van der Waals surface area contributed by atoms with E-state index >= 15 is 0 Å². The van der Waals surface area contributed by atoms with Gasteiger partial charge in [-0.1, -0.05) is 19.3 Å². The van der Waals surface area contributed by atoms with E-state index in [-0.39, 0.29) is 15.8 Å². The Hall–Kier alpha value is -1.00. The van der Waals surface area contributed by atoms with Crippen molar-refractivity contribution < 1.29 is 16.8 Å². The Morgan fingerprint density at radius 2 is 1.44 bits per heavy atom. The summed E-state index contributed by atoms with van der Waals surface area (Å²) in [5, 5.41) is 0. The Bertz CT molecular complexity index is 753. The number of nitrogens with zero attached hydrogens (tertiary/aromatic N) is 1. The number of rotatable bonds is 8. The van der Waals surface area contributed by atoms with Gasteiger partial charge in [0, 0.05) is 19.1 Å². The molecule has 0 unspecified atom stereocenters. The van der Waals surface area contributed by atoms with Crippen molar-refractivity contribution in [2.75, 3.05) is 27.2 Å². The zero-order chi connectivity index (χ0) is 18.5. The van der Waals surface area contributed by atoms with E-state index in [2.05, 4.69) is 9.44 Å². The van der Waals surface area contributed by atoms with Gasteiger partial charge in [0.2, 0.25) is 20.0 Å². The Morgan fingerprint density at radius 3 is 1.96 bits per heavy atom. The quantitative estimate of drug-likeness (QED) is 0.695. The highest BCUT2D eigenvalue weighted by Crippen LogP contribution is 2.20. The standard InChI is InChI=1S/C16H27N3O4S2/c1-19(2)13-12-17-24(20,21)15-8-10-16(11-9-15)25(22,23)18-14-6-4-3-5-7-14/h8-11,14,17-18H,3-7,12-13H2,1-2H3. The molecular formula is C16H27N3O4S2. The molecule has 0 aromatic heterocycles. The van der Waals surface area contributed by atoms with Crippen molar-refractivity contribution in [2.45, 2.75) is 47.9 Å². The molecule has 0 bridgehead atoms. The largest absolute Gasteiger partial charge is 0.308 e. The first-order chi connectivity index (χ1) is 11.7. The summed E-state index contributed by atoms with van der Waals surface area (Å²) in [4.78, 5) is 2.02. The van der Waals surface area contributed by atoms with E-state index in [4.69, 9.17) is 0 Å². The molecule has 1 aromatic carbocycles. The summed E-state index contributed by atoms with van der Waals surface area (Å²) in [5.74, 6) is 0. The number of hydrogen-bond donors (Lipinski definition) is 2. The third-order valence-corrected chi connectivity index (χ3v) is 7.24. The lowest BCUT2D eigenvalue weighted by atomic mass is 9.96.